The van der Waals surface area contributed by atoms with Gasteiger partial charge < -0.3 is 0 Å². The number of carbonyl (C=O) groups excluding carboxylic acids is 1. The fourth-order valence-corrected chi connectivity index (χ4v) is 3.58. The van der Waals surface area contributed by atoms with Crippen molar-refractivity contribution in [3.63, 3.8) is 0 Å². The van der Waals surface area contributed by atoms with E-state index in [1.165, 1.54) is 24.3 Å². The van der Waals surface area contributed by atoms with Crippen molar-refractivity contribution < 1.29 is 30.9 Å². The van der Waals surface area contributed by atoms with Crippen LogP contribution in [0, 0.1) is 5.41 Å². The van der Waals surface area contributed by atoms with E-state index in [-0.39, 0.29) is 17.4 Å². The minimum Gasteiger partial charge on any atom is -0.298 e. The average Bonchev–Trinajstić information content (AvgIpc) is 3.19. The molecule has 1 saturated carbocycles. The lowest BCUT2D eigenvalue weighted by Crippen LogP contribution is -2.48. The molecule has 2 N–H and O–H groups in total. The molecule has 1 aromatic carbocycles. The largest absolute Gasteiger partial charge is 0.407 e. The predicted molar refractivity (Wildman–Crippen MR) is 93.2 cm³/mol. The monoisotopic (exact) mass is 457 g/mol. The smallest absolute Gasteiger partial charge is 0.298 e. The normalized spacial score (nSPS) is 19.0. The zero-order chi connectivity index (χ0) is 19.8. The van der Waals surface area contributed by atoms with E-state index in [2.05, 4.69) is 21.2 Å². The van der Waals surface area contributed by atoms with Gasteiger partial charge >= 0.3 is 6.18 Å². The van der Waals surface area contributed by atoms with Gasteiger partial charge in [-0.2, -0.15) is 21.6 Å². The third-order valence-electron chi connectivity index (χ3n) is 4.37. The molecule has 1 fully saturated rings. The Balaban J connectivity index is 2.28. The molecule has 0 aromatic heterocycles. The highest BCUT2D eigenvalue weighted by Gasteiger charge is 2.45. The van der Waals surface area contributed by atoms with Gasteiger partial charge in [0.25, 0.3) is 10.1 Å². The van der Waals surface area contributed by atoms with E-state index >= 15 is 0 Å². The van der Waals surface area contributed by atoms with Crippen molar-refractivity contribution in [3.05, 3.63) is 34.3 Å². The fraction of sp³-hybridized carbons (Fsp3) is 0.562. The highest BCUT2D eigenvalue weighted by atomic mass is 79.9. The molecular weight excluding hydrogens is 439 g/mol. The van der Waals surface area contributed by atoms with Gasteiger partial charge in [0, 0.05) is 10.9 Å². The molecule has 0 amide bonds. The van der Waals surface area contributed by atoms with Crippen LogP contribution in [0.5, 0.6) is 0 Å². The quantitative estimate of drug-likeness (QED) is 0.582. The molecule has 146 valence electrons. The van der Waals surface area contributed by atoms with Crippen LogP contribution in [0.4, 0.5) is 13.2 Å². The molecule has 5 nitrogen and oxygen atoms in total. The number of alkyl halides is 3. The van der Waals surface area contributed by atoms with Crippen molar-refractivity contribution in [3.8, 4) is 0 Å². The van der Waals surface area contributed by atoms with Crippen molar-refractivity contribution >= 4 is 31.8 Å². The van der Waals surface area contributed by atoms with Gasteiger partial charge in [0.05, 0.1) is 11.8 Å². The zero-order valence-electron chi connectivity index (χ0n) is 13.9. The topological polar surface area (TPSA) is 83.5 Å². The molecule has 1 aliphatic carbocycles. The van der Waals surface area contributed by atoms with E-state index in [1.54, 1.807) is 0 Å². The zero-order valence-corrected chi connectivity index (χ0v) is 16.3. The van der Waals surface area contributed by atoms with E-state index in [9.17, 15) is 26.4 Å². The molecule has 0 heterocycles. The Morgan fingerprint density at radius 1 is 1.31 bits per heavy atom. The Morgan fingerprint density at radius 2 is 1.85 bits per heavy atom. The van der Waals surface area contributed by atoms with Crippen LogP contribution in [0.3, 0.4) is 0 Å². The molecular formula is C16H19BrF3NO4S. The lowest BCUT2D eigenvalue weighted by molar-refractivity contribution is -0.160. The maximum atomic E-state index is 13.5. The second-order valence-corrected chi connectivity index (χ2v) is 9.36. The van der Waals surface area contributed by atoms with Crippen LogP contribution in [-0.2, 0) is 14.9 Å². The first-order valence-corrected chi connectivity index (χ1v) is 10.3. The van der Waals surface area contributed by atoms with Crippen LogP contribution in [0.2, 0.25) is 0 Å². The lowest BCUT2D eigenvalue weighted by Gasteiger charge is -2.27. The fourth-order valence-electron chi connectivity index (χ4n) is 2.61. The number of benzene rings is 1. The standard InChI is InChI=1S/C16H19BrF3NO4S/c1-15(6-7-15)8-13(22)12(9-26(23,24)25)21-14(16(18,19)20)10-2-4-11(17)5-3-10/h2-5,12,14,21H,6-9H2,1H3,(H,23,24,25)/t12-,14-/m0/s1. The maximum Gasteiger partial charge on any atom is 0.407 e. The van der Waals surface area contributed by atoms with Gasteiger partial charge in [-0.1, -0.05) is 35.0 Å². The summed E-state index contributed by atoms with van der Waals surface area (Å²) >= 11 is 3.13. The SMILES string of the molecule is CC1(CC(=O)[C@H](CS(=O)(=O)O)N[C@@H](c2ccc(Br)cc2)C(F)(F)F)CC1. The van der Waals surface area contributed by atoms with Crippen LogP contribution in [0.15, 0.2) is 28.7 Å². The van der Waals surface area contributed by atoms with Crippen LogP contribution >= 0.6 is 15.9 Å². The van der Waals surface area contributed by atoms with Crippen LogP contribution < -0.4 is 5.32 Å². The summed E-state index contributed by atoms with van der Waals surface area (Å²) in [6.07, 6.45) is -3.28. The number of Topliss-reactive ketones (excluding diaryl/α,β-unsaturated/α-hetero) is 1. The van der Waals surface area contributed by atoms with Crippen molar-refractivity contribution in [2.45, 2.75) is 44.4 Å². The minimum atomic E-state index is -4.75. The van der Waals surface area contributed by atoms with E-state index in [1.807, 2.05) is 6.92 Å². The van der Waals surface area contributed by atoms with Crippen LogP contribution in [0.1, 0.15) is 37.8 Å². The van der Waals surface area contributed by atoms with E-state index in [0.717, 1.165) is 12.8 Å². The Hall–Kier alpha value is -0.970. The molecule has 0 spiro atoms. The Morgan fingerprint density at radius 3 is 2.27 bits per heavy atom. The third kappa shape index (κ3) is 6.33. The molecule has 0 saturated heterocycles. The minimum absolute atomic E-state index is 0.0366. The summed E-state index contributed by atoms with van der Waals surface area (Å²) in [5.74, 6) is -1.76. The Labute approximate surface area is 158 Å². The number of hydrogen-bond acceptors (Lipinski definition) is 4. The van der Waals surface area contributed by atoms with E-state index in [4.69, 9.17) is 4.55 Å². The number of hydrogen-bond donors (Lipinski definition) is 2. The van der Waals surface area contributed by atoms with Crippen molar-refractivity contribution in [2.24, 2.45) is 5.41 Å². The van der Waals surface area contributed by atoms with Gasteiger partial charge in [-0.05, 0) is 36.0 Å². The number of halogens is 4. The van der Waals surface area contributed by atoms with Gasteiger partial charge in [0.1, 0.15) is 6.04 Å². The summed E-state index contributed by atoms with van der Waals surface area (Å²) in [4.78, 5) is 12.4. The molecule has 0 radical (unpaired) electrons. The van der Waals surface area contributed by atoms with Crippen molar-refractivity contribution in [1.29, 1.82) is 0 Å². The summed E-state index contributed by atoms with van der Waals surface area (Å²) in [6, 6.07) is 1.40. The van der Waals surface area contributed by atoms with Gasteiger partial charge in [-0.3, -0.25) is 14.7 Å². The molecule has 26 heavy (non-hydrogen) atoms. The molecule has 1 aromatic rings. The first-order chi connectivity index (χ1) is 11.8. The Bertz CT molecular complexity index is 761. The first kappa shape index (κ1) is 21.3. The van der Waals surface area contributed by atoms with Gasteiger partial charge in [0.2, 0.25) is 0 Å². The summed E-state index contributed by atoms with van der Waals surface area (Å²) in [7, 11) is -4.64. The molecule has 0 aliphatic heterocycles. The summed E-state index contributed by atoms with van der Waals surface area (Å²) in [5.41, 5.74) is -0.465. The third-order valence-corrected chi connectivity index (χ3v) is 5.65. The average molecular weight is 458 g/mol. The van der Waals surface area contributed by atoms with E-state index in [0.29, 0.717) is 4.47 Å². The molecule has 2 atom stereocenters. The van der Waals surface area contributed by atoms with Crippen molar-refractivity contribution in [2.75, 3.05) is 5.75 Å². The second-order valence-electron chi connectivity index (χ2n) is 6.95. The molecule has 10 heteroatoms. The number of carbonyl (C=O) groups is 1. The number of ketones is 1. The highest BCUT2D eigenvalue weighted by Crippen LogP contribution is 2.48. The summed E-state index contributed by atoms with van der Waals surface area (Å²) in [5, 5.41) is 2.11. The predicted octanol–water partition coefficient (Wildman–Crippen LogP) is 3.66. The number of rotatable bonds is 8. The Kier molecular flexibility index (Phi) is 6.21. The lowest BCUT2D eigenvalue weighted by atomic mass is 9.97. The highest BCUT2D eigenvalue weighted by molar-refractivity contribution is 9.10. The molecule has 2 rings (SSSR count). The summed E-state index contributed by atoms with van der Waals surface area (Å²) in [6.45, 7) is 1.81. The second kappa shape index (κ2) is 7.57. The van der Waals surface area contributed by atoms with Crippen LogP contribution in [-0.4, -0.2) is 36.7 Å². The van der Waals surface area contributed by atoms with Crippen molar-refractivity contribution in [1.82, 2.24) is 5.32 Å². The molecule has 1 aliphatic rings. The van der Waals surface area contributed by atoms with Gasteiger partial charge in [0.15, 0.2) is 5.78 Å². The summed E-state index contributed by atoms with van der Waals surface area (Å²) < 4.78 is 72.6. The maximum absolute atomic E-state index is 13.5. The van der Waals surface area contributed by atoms with Crippen LogP contribution in [0.25, 0.3) is 0 Å². The number of nitrogens with one attached hydrogen (secondary N) is 1. The van der Waals surface area contributed by atoms with Gasteiger partial charge in [-0.25, -0.2) is 0 Å². The first-order valence-electron chi connectivity index (χ1n) is 7.85. The van der Waals surface area contributed by atoms with E-state index < -0.39 is 39.9 Å². The molecule has 0 bridgehead atoms. The molecule has 0 unspecified atom stereocenters. The van der Waals surface area contributed by atoms with Gasteiger partial charge in [-0.15, -0.1) is 0 Å².